The summed E-state index contributed by atoms with van der Waals surface area (Å²) >= 11 is 5.88. The van der Waals surface area contributed by atoms with Crippen LogP contribution in [0.5, 0.6) is 11.5 Å². The molecule has 0 aliphatic carbocycles. The molecule has 0 saturated carbocycles. The van der Waals surface area contributed by atoms with Crippen molar-refractivity contribution < 1.29 is 19.1 Å². The molecule has 3 aromatic rings. The number of rotatable bonds is 3. The van der Waals surface area contributed by atoms with Gasteiger partial charge in [-0.25, -0.2) is 4.79 Å². The van der Waals surface area contributed by atoms with Gasteiger partial charge in [0.05, 0.1) is 11.1 Å². The molecule has 1 aliphatic heterocycles. The third-order valence-electron chi connectivity index (χ3n) is 4.31. The van der Waals surface area contributed by atoms with E-state index in [1.54, 1.807) is 60.7 Å². The smallest absolute Gasteiger partial charge is 0.343 e. The van der Waals surface area contributed by atoms with Crippen LogP contribution < -0.4 is 9.47 Å². The van der Waals surface area contributed by atoms with Gasteiger partial charge in [0.25, 0.3) is 0 Å². The molecule has 1 heterocycles. The van der Waals surface area contributed by atoms with Gasteiger partial charge in [0.1, 0.15) is 11.5 Å². The SMILES string of the molecule is Cc1ccc(C(=O)Oc2ccc3c(c2)O/C(=C\c2ccc(Cl)cc2)C3=O)cc1. The molecule has 0 saturated heterocycles. The van der Waals surface area contributed by atoms with Gasteiger partial charge >= 0.3 is 5.97 Å². The number of halogens is 1. The zero-order chi connectivity index (χ0) is 19.7. The molecule has 0 radical (unpaired) electrons. The second-order valence-electron chi connectivity index (χ2n) is 6.40. The summed E-state index contributed by atoms with van der Waals surface area (Å²) in [6.45, 7) is 1.94. The number of carbonyl (C=O) groups is 2. The normalized spacial score (nSPS) is 13.9. The van der Waals surface area contributed by atoms with Crippen molar-refractivity contribution in [1.82, 2.24) is 0 Å². The van der Waals surface area contributed by atoms with Crippen LogP contribution in [0.2, 0.25) is 5.02 Å². The Labute approximate surface area is 167 Å². The van der Waals surface area contributed by atoms with Gasteiger partial charge in [-0.2, -0.15) is 0 Å². The lowest BCUT2D eigenvalue weighted by Crippen LogP contribution is -2.08. The number of fused-ring (bicyclic) bond motifs is 1. The number of hydrogen-bond acceptors (Lipinski definition) is 4. The van der Waals surface area contributed by atoms with Gasteiger partial charge in [-0.15, -0.1) is 0 Å². The van der Waals surface area contributed by atoms with Crippen LogP contribution in [-0.4, -0.2) is 11.8 Å². The predicted octanol–water partition coefficient (Wildman–Crippen LogP) is 5.48. The minimum atomic E-state index is -0.471. The van der Waals surface area contributed by atoms with E-state index in [1.807, 2.05) is 19.1 Å². The zero-order valence-electron chi connectivity index (χ0n) is 14.9. The molecule has 28 heavy (non-hydrogen) atoms. The van der Waals surface area contributed by atoms with Gasteiger partial charge < -0.3 is 9.47 Å². The van der Waals surface area contributed by atoms with Crippen molar-refractivity contribution in [3.63, 3.8) is 0 Å². The van der Waals surface area contributed by atoms with E-state index in [0.29, 0.717) is 27.6 Å². The first-order chi connectivity index (χ1) is 13.5. The summed E-state index contributed by atoms with van der Waals surface area (Å²) < 4.78 is 11.1. The van der Waals surface area contributed by atoms with Crippen LogP contribution in [0.3, 0.4) is 0 Å². The van der Waals surface area contributed by atoms with Crippen molar-refractivity contribution >= 4 is 29.4 Å². The maximum absolute atomic E-state index is 12.5. The Hall–Kier alpha value is -3.37. The van der Waals surface area contributed by atoms with Crippen LogP contribution in [0, 0.1) is 6.92 Å². The van der Waals surface area contributed by atoms with Crippen LogP contribution in [-0.2, 0) is 0 Å². The number of ether oxygens (including phenoxy) is 2. The Bertz CT molecular complexity index is 1100. The van der Waals surface area contributed by atoms with E-state index in [0.717, 1.165) is 11.1 Å². The quantitative estimate of drug-likeness (QED) is 0.337. The molecule has 0 aromatic heterocycles. The van der Waals surface area contributed by atoms with E-state index in [-0.39, 0.29) is 11.5 Å². The minimum absolute atomic E-state index is 0.208. The molecule has 0 bridgehead atoms. The third kappa shape index (κ3) is 3.68. The first-order valence-corrected chi connectivity index (χ1v) is 9.00. The lowest BCUT2D eigenvalue weighted by atomic mass is 10.1. The van der Waals surface area contributed by atoms with Gasteiger partial charge in [0.15, 0.2) is 5.76 Å². The van der Waals surface area contributed by atoms with E-state index in [2.05, 4.69) is 0 Å². The summed E-state index contributed by atoms with van der Waals surface area (Å²) in [5.41, 5.74) is 2.73. The van der Waals surface area contributed by atoms with E-state index in [1.165, 1.54) is 0 Å². The minimum Gasteiger partial charge on any atom is -0.452 e. The highest BCUT2D eigenvalue weighted by atomic mass is 35.5. The summed E-state index contributed by atoms with van der Waals surface area (Å²) in [5.74, 6) is 0.186. The molecule has 1 aliphatic rings. The summed E-state index contributed by atoms with van der Waals surface area (Å²) in [6, 6.07) is 18.9. The summed E-state index contributed by atoms with van der Waals surface area (Å²) in [4.78, 5) is 24.8. The molecule has 0 amide bonds. The van der Waals surface area contributed by atoms with Gasteiger partial charge in [-0.05, 0) is 55.0 Å². The molecular weight excluding hydrogens is 376 g/mol. The molecule has 0 unspecified atom stereocenters. The largest absolute Gasteiger partial charge is 0.452 e. The second kappa shape index (κ2) is 7.33. The fourth-order valence-corrected chi connectivity index (χ4v) is 2.92. The number of ketones is 1. The van der Waals surface area contributed by atoms with Crippen molar-refractivity contribution in [3.05, 3.63) is 99.8 Å². The summed E-state index contributed by atoms with van der Waals surface area (Å²) in [7, 11) is 0. The average molecular weight is 391 g/mol. The molecule has 4 rings (SSSR count). The Kier molecular flexibility index (Phi) is 4.72. The van der Waals surface area contributed by atoms with Crippen LogP contribution >= 0.6 is 11.6 Å². The second-order valence-corrected chi connectivity index (χ2v) is 6.84. The van der Waals surface area contributed by atoms with Crippen molar-refractivity contribution in [1.29, 1.82) is 0 Å². The molecule has 4 nitrogen and oxygen atoms in total. The first-order valence-electron chi connectivity index (χ1n) is 8.62. The lowest BCUT2D eigenvalue weighted by molar-refractivity contribution is 0.0734. The maximum Gasteiger partial charge on any atom is 0.343 e. The first kappa shape index (κ1) is 18.0. The third-order valence-corrected chi connectivity index (χ3v) is 4.56. The van der Waals surface area contributed by atoms with Crippen molar-refractivity contribution in [2.24, 2.45) is 0 Å². The monoisotopic (exact) mass is 390 g/mol. The number of carbonyl (C=O) groups excluding carboxylic acids is 2. The molecule has 0 fully saturated rings. The van der Waals surface area contributed by atoms with E-state index in [4.69, 9.17) is 21.1 Å². The van der Waals surface area contributed by atoms with Crippen LogP contribution in [0.25, 0.3) is 6.08 Å². The molecule has 0 N–H and O–H groups in total. The zero-order valence-corrected chi connectivity index (χ0v) is 15.7. The average Bonchev–Trinajstić information content (AvgIpc) is 2.99. The number of Topliss-reactive ketones (excluding diaryl/α,β-unsaturated/α-hetero) is 1. The fraction of sp³-hybridized carbons (Fsp3) is 0.0435. The topological polar surface area (TPSA) is 52.6 Å². The molecule has 0 atom stereocenters. The van der Waals surface area contributed by atoms with Crippen molar-refractivity contribution in [3.8, 4) is 11.5 Å². The number of esters is 1. The van der Waals surface area contributed by atoms with Crippen LogP contribution in [0.1, 0.15) is 31.8 Å². The molecular formula is C23H15ClO4. The predicted molar refractivity (Wildman–Crippen MR) is 107 cm³/mol. The summed E-state index contributed by atoms with van der Waals surface area (Å²) in [5, 5.41) is 0.615. The number of hydrogen-bond donors (Lipinski definition) is 0. The standard InChI is InChI=1S/C23H15ClO4/c1-14-2-6-16(7-3-14)23(26)27-18-10-11-19-20(13-18)28-21(22(19)25)12-15-4-8-17(24)9-5-15/h2-13H,1H3/b21-12-. The van der Waals surface area contributed by atoms with Crippen molar-refractivity contribution in [2.75, 3.05) is 0 Å². The Morgan fingerprint density at radius 2 is 1.71 bits per heavy atom. The number of benzene rings is 3. The van der Waals surface area contributed by atoms with Gasteiger partial charge in [-0.3, -0.25) is 4.79 Å². The molecule has 138 valence electrons. The van der Waals surface area contributed by atoms with Crippen LogP contribution in [0.15, 0.2) is 72.5 Å². The van der Waals surface area contributed by atoms with E-state index >= 15 is 0 Å². The van der Waals surface area contributed by atoms with Gasteiger partial charge in [0, 0.05) is 11.1 Å². The highest BCUT2D eigenvalue weighted by Gasteiger charge is 2.28. The molecule has 5 heteroatoms. The molecule has 3 aromatic carbocycles. The maximum atomic E-state index is 12.5. The van der Waals surface area contributed by atoms with Gasteiger partial charge in [-0.1, -0.05) is 41.4 Å². The lowest BCUT2D eigenvalue weighted by Gasteiger charge is -2.06. The Morgan fingerprint density at radius 1 is 1.00 bits per heavy atom. The Morgan fingerprint density at radius 3 is 2.43 bits per heavy atom. The molecule has 0 spiro atoms. The van der Waals surface area contributed by atoms with E-state index < -0.39 is 5.97 Å². The summed E-state index contributed by atoms with van der Waals surface area (Å²) in [6.07, 6.45) is 1.65. The highest BCUT2D eigenvalue weighted by molar-refractivity contribution is 6.30. The van der Waals surface area contributed by atoms with Crippen molar-refractivity contribution in [2.45, 2.75) is 6.92 Å². The Balaban J connectivity index is 1.54. The highest BCUT2D eigenvalue weighted by Crippen LogP contribution is 2.35. The number of aryl methyl sites for hydroxylation is 1. The fourth-order valence-electron chi connectivity index (χ4n) is 2.80. The van der Waals surface area contributed by atoms with Crippen LogP contribution in [0.4, 0.5) is 0 Å². The van der Waals surface area contributed by atoms with E-state index in [9.17, 15) is 9.59 Å². The van der Waals surface area contributed by atoms with Gasteiger partial charge in [0.2, 0.25) is 5.78 Å². The number of allylic oxidation sites excluding steroid dienone is 1.